The van der Waals surface area contributed by atoms with Gasteiger partial charge >= 0.3 is 0 Å². The zero-order valence-electron chi connectivity index (χ0n) is 11.1. The second kappa shape index (κ2) is 5.87. The van der Waals surface area contributed by atoms with Gasteiger partial charge in [-0.3, -0.25) is 4.90 Å². The zero-order valence-corrected chi connectivity index (χ0v) is 11.9. The number of hydrogen-bond acceptors (Lipinski definition) is 2. The van der Waals surface area contributed by atoms with E-state index in [4.69, 9.17) is 11.6 Å². The van der Waals surface area contributed by atoms with Crippen LogP contribution in [0.2, 0.25) is 0 Å². The Morgan fingerprint density at radius 1 is 1.44 bits per heavy atom. The first-order valence-corrected chi connectivity index (χ1v) is 6.87. The number of halogens is 1. The molecule has 1 aliphatic heterocycles. The minimum absolute atomic E-state index is 0.0423. The maximum absolute atomic E-state index is 5.81. The summed E-state index contributed by atoms with van der Waals surface area (Å²) in [6.45, 7) is 8.38. The predicted octanol–water partition coefficient (Wildman–Crippen LogP) is 2.95. The van der Waals surface area contributed by atoms with Crippen LogP contribution < -0.4 is 5.32 Å². The van der Waals surface area contributed by atoms with Gasteiger partial charge in [0.2, 0.25) is 0 Å². The Morgan fingerprint density at radius 2 is 2.17 bits per heavy atom. The molecule has 0 spiro atoms. The monoisotopic (exact) mass is 264 g/mol. The second-order valence-corrected chi connectivity index (χ2v) is 5.41. The van der Waals surface area contributed by atoms with E-state index in [2.05, 4.69) is 54.4 Å². The molecule has 0 aliphatic carbocycles. The van der Waals surface area contributed by atoms with E-state index >= 15 is 0 Å². The van der Waals surface area contributed by atoms with Crippen molar-refractivity contribution in [1.82, 2.24) is 10.2 Å². The fraction of sp³-hybridized carbons (Fsp3) is 0.467. The molecule has 0 saturated carbocycles. The average Bonchev–Trinajstić information content (AvgIpc) is 2.42. The van der Waals surface area contributed by atoms with E-state index in [1.165, 1.54) is 11.1 Å². The molecule has 1 unspecified atom stereocenters. The minimum atomic E-state index is 0.0423. The average molecular weight is 265 g/mol. The molecule has 18 heavy (non-hydrogen) atoms. The first-order chi connectivity index (χ1) is 8.66. The highest BCUT2D eigenvalue weighted by molar-refractivity contribution is 6.25. The van der Waals surface area contributed by atoms with Gasteiger partial charge in [-0.05, 0) is 25.0 Å². The molecular weight excluding hydrogens is 244 g/mol. The minimum Gasteiger partial charge on any atom is -0.313 e. The van der Waals surface area contributed by atoms with Crippen LogP contribution in [-0.4, -0.2) is 31.1 Å². The summed E-state index contributed by atoms with van der Waals surface area (Å²) in [6, 6.07) is 10.7. The first kappa shape index (κ1) is 13.6. The molecule has 0 aromatic heterocycles. The van der Waals surface area contributed by atoms with Crippen LogP contribution >= 0.6 is 11.6 Å². The van der Waals surface area contributed by atoms with E-state index < -0.39 is 0 Å². The quantitative estimate of drug-likeness (QED) is 0.903. The van der Waals surface area contributed by atoms with Crippen molar-refractivity contribution in [3.05, 3.63) is 47.0 Å². The van der Waals surface area contributed by atoms with Gasteiger partial charge in [-0.25, -0.2) is 0 Å². The van der Waals surface area contributed by atoms with Crippen LogP contribution in [-0.2, 0) is 5.54 Å². The summed E-state index contributed by atoms with van der Waals surface area (Å²) in [5.74, 6) is 0. The van der Waals surface area contributed by atoms with E-state index in [1.54, 1.807) is 5.54 Å². The molecule has 1 N–H and O–H groups in total. The Bertz CT molecular complexity index is 416. The molecule has 1 heterocycles. The van der Waals surface area contributed by atoms with E-state index in [1.807, 2.05) is 0 Å². The highest BCUT2D eigenvalue weighted by Crippen LogP contribution is 2.30. The zero-order chi connectivity index (χ0) is 13.0. The van der Waals surface area contributed by atoms with Crippen molar-refractivity contribution in [2.75, 3.05) is 26.2 Å². The molecule has 1 aromatic rings. The van der Waals surface area contributed by atoms with Gasteiger partial charge < -0.3 is 5.32 Å². The van der Waals surface area contributed by atoms with Crippen LogP contribution in [0.4, 0.5) is 0 Å². The van der Waals surface area contributed by atoms with Crippen molar-refractivity contribution in [3.8, 4) is 0 Å². The van der Waals surface area contributed by atoms with Crippen molar-refractivity contribution < 1.29 is 0 Å². The fourth-order valence-corrected chi connectivity index (χ4v) is 2.64. The number of benzene rings is 1. The lowest BCUT2D eigenvalue weighted by molar-refractivity contribution is 0.0836. The molecule has 0 amide bonds. The molecule has 98 valence electrons. The van der Waals surface area contributed by atoms with Crippen LogP contribution in [0.1, 0.15) is 19.4 Å². The van der Waals surface area contributed by atoms with Crippen LogP contribution in [0.25, 0.3) is 0 Å². The third-order valence-corrected chi connectivity index (χ3v) is 4.12. The predicted molar refractivity (Wildman–Crippen MR) is 77.8 cm³/mol. The third kappa shape index (κ3) is 2.77. The lowest BCUT2D eigenvalue weighted by atomic mass is 9.88. The fourth-order valence-electron chi connectivity index (χ4n) is 2.58. The van der Waals surface area contributed by atoms with Crippen molar-refractivity contribution in [2.45, 2.75) is 19.4 Å². The second-order valence-electron chi connectivity index (χ2n) is 5.19. The molecule has 0 bridgehead atoms. The molecule has 2 nitrogen and oxygen atoms in total. The van der Waals surface area contributed by atoms with Gasteiger partial charge in [-0.2, -0.15) is 0 Å². The van der Waals surface area contributed by atoms with Gasteiger partial charge in [0, 0.05) is 31.7 Å². The van der Waals surface area contributed by atoms with Crippen molar-refractivity contribution in [2.24, 2.45) is 0 Å². The topological polar surface area (TPSA) is 15.3 Å². The molecular formula is C15H21ClN2. The van der Waals surface area contributed by atoms with Crippen molar-refractivity contribution in [1.29, 1.82) is 0 Å². The van der Waals surface area contributed by atoms with E-state index in [0.29, 0.717) is 0 Å². The summed E-state index contributed by atoms with van der Waals surface area (Å²) in [6.07, 6.45) is 0. The normalized spacial score (nSPS) is 26.3. The van der Waals surface area contributed by atoms with Gasteiger partial charge in [-0.1, -0.05) is 41.9 Å². The SMILES string of the molecule is C/C(=C/Cl)CN1CCNCC1(C)c1ccccc1. The summed E-state index contributed by atoms with van der Waals surface area (Å²) in [5, 5.41) is 3.50. The van der Waals surface area contributed by atoms with Crippen LogP contribution in [0.3, 0.4) is 0 Å². The maximum atomic E-state index is 5.81. The Labute approximate surface area is 115 Å². The summed E-state index contributed by atoms with van der Waals surface area (Å²) < 4.78 is 0. The van der Waals surface area contributed by atoms with Crippen molar-refractivity contribution in [3.63, 3.8) is 0 Å². The lowest BCUT2D eigenvalue weighted by Gasteiger charge is -2.46. The first-order valence-electron chi connectivity index (χ1n) is 6.44. The number of nitrogens with zero attached hydrogens (tertiary/aromatic N) is 1. The van der Waals surface area contributed by atoms with E-state index in [-0.39, 0.29) is 5.54 Å². The summed E-state index contributed by atoms with van der Waals surface area (Å²) in [7, 11) is 0. The van der Waals surface area contributed by atoms with Gasteiger partial charge in [0.1, 0.15) is 0 Å². The largest absolute Gasteiger partial charge is 0.313 e. The molecule has 1 aromatic carbocycles. The Morgan fingerprint density at radius 3 is 2.83 bits per heavy atom. The number of hydrogen-bond donors (Lipinski definition) is 1. The van der Waals surface area contributed by atoms with Gasteiger partial charge in [0.15, 0.2) is 0 Å². The summed E-state index contributed by atoms with van der Waals surface area (Å²) in [5.41, 5.74) is 4.30. The molecule has 1 aliphatic rings. The highest BCUT2D eigenvalue weighted by atomic mass is 35.5. The Kier molecular flexibility index (Phi) is 4.44. The summed E-state index contributed by atoms with van der Waals surface area (Å²) >= 11 is 5.81. The Hall–Kier alpha value is -0.830. The van der Waals surface area contributed by atoms with Gasteiger partial charge in [0.05, 0.1) is 5.54 Å². The van der Waals surface area contributed by atoms with E-state index in [0.717, 1.165) is 26.2 Å². The molecule has 1 saturated heterocycles. The smallest absolute Gasteiger partial charge is 0.0560 e. The maximum Gasteiger partial charge on any atom is 0.0560 e. The van der Waals surface area contributed by atoms with Crippen molar-refractivity contribution >= 4 is 11.6 Å². The van der Waals surface area contributed by atoms with Gasteiger partial charge in [-0.15, -0.1) is 0 Å². The number of nitrogens with one attached hydrogen (secondary N) is 1. The van der Waals surface area contributed by atoms with Crippen LogP contribution in [0, 0.1) is 0 Å². The summed E-state index contributed by atoms with van der Waals surface area (Å²) in [4.78, 5) is 2.51. The highest BCUT2D eigenvalue weighted by Gasteiger charge is 2.35. The lowest BCUT2D eigenvalue weighted by Crippen LogP contribution is -2.57. The molecule has 0 radical (unpaired) electrons. The molecule has 1 atom stereocenters. The number of piperazine rings is 1. The molecule has 2 rings (SSSR count). The van der Waals surface area contributed by atoms with E-state index in [9.17, 15) is 0 Å². The number of rotatable bonds is 3. The molecule has 3 heteroatoms. The third-order valence-electron chi connectivity index (χ3n) is 3.75. The Balaban J connectivity index is 2.26. The standard InChI is InChI=1S/C15H21ClN2/c1-13(10-16)11-18-9-8-17-12-15(18,2)14-6-4-3-5-7-14/h3-7,10,17H,8-9,11-12H2,1-2H3/b13-10-. The van der Waals surface area contributed by atoms with Gasteiger partial charge in [0.25, 0.3) is 0 Å². The molecule has 1 fully saturated rings. The van der Waals surface area contributed by atoms with Crippen LogP contribution in [0.5, 0.6) is 0 Å². The van der Waals surface area contributed by atoms with Crippen LogP contribution in [0.15, 0.2) is 41.4 Å².